The molecule has 4 heteroatoms. The van der Waals surface area contributed by atoms with Crippen molar-refractivity contribution in [3.8, 4) is 0 Å². The molecule has 2 rings (SSSR count). The highest BCUT2D eigenvalue weighted by atomic mass is 35.5. The zero-order chi connectivity index (χ0) is 15.9. The van der Waals surface area contributed by atoms with E-state index in [1.807, 2.05) is 50.2 Å². The summed E-state index contributed by atoms with van der Waals surface area (Å²) < 4.78 is 5.53. The van der Waals surface area contributed by atoms with Gasteiger partial charge in [0.2, 0.25) is 0 Å². The van der Waals surface area contributed by atoms with E-state index in [2.05, 4.69) is 5.32 Å². The Morgan fingerprint density at radius 3 is 2.45 bits per heavy atom. The second kappa shape index (κ2) is 7.97. The van der Waals surface area contributed by atoms with Crippen LogP contribution >= 0.6 is 11.6 Å². The monoisotopic (exact) mass is 317 g/mol. The van der Waals surface area contributed by atoms with Crippen LogP contribution in [0.15, 0.2) is 48.5 Å². The van der Waals surface area contributed by atoms with E-state index in [4.69, 9.17) is 16.3 Å². The number of amides is 1. The van der Waals surface area contributed by atoms with E-state index in [9.17, 15) is 4.79 Å². The van der Waals surface area contributed by atoms with Gasteiger partial charge in [-0.05, 0) is 43.2 Å². The second-order valence-electron chi connectivity index (χ2n) is 5.33. The maximum atomic E-state index is 12.1. The number of carbonyl (C=O) groups is 1. The minimum atomic E-state index is -0.115. The molecule has 1 amide bonds. The third-order valence-corrected chi connectivity index (χ3v) is 3.57. The number of benzene rings is 2. The molecule has 22 heavy (non-hydrogen) atoms. The first-order valence-corrected chi connectivity index (χ1v) is 7.66. The van der Waals surface area contributed by atoms with Crippen LogP contribution in [-0.4, -0.2) is 12.0 Å². The maximum Gasteiger partial charge on any atom is 0.251 e. The summed E-state index contributed by atoms with van der Waals surface area (Å²) in [6.07, 6.45) is 0.193. The van der Waals surface area contributed by atoms with Gasteiger partial charge < -0.3 is 10.1 Å². The third-order valence-electron chi connectivity index (χ3n) is 3.20. The summed E-state index contributed by atoms with van der Waals surface area (Å²) in [6.45, 7) is 4.96. The molecule has 0 heterocycles. The topological polar surface area (TPSA) is 38.3 Å². The van der Waals surface area contributed by atoms with Crippen LogP contribution < -0.4 is 5.32 Å². The number of nitrogens with one attached hydrogen (secondary N) is 1. The highest BCUT2D eigenvalue weighted by Gasteiger charge is 2.07. The number of hydrogen-bond acceptors (Lipinski definition) is 2. The van der Waals surface area contributed by atoms with E-state index in [0.717, 1.165) is 11.1 Å². The Kier molecular flexibility index (Phi) is 5.99. The fourth-order valence-electron chi connectivity index (χ4n) is 1.93. The van der Waals surface area contributed by atoms with Crippen LogP contribution in [0.3, 0.4) is 0 Å². The molecular weight excluding hydrogens is 298 g/mol. The van der Waals surface area contributed by atoms with Crippen molar-refractivity contribution in [3.63, 3.8) is 0 Å². The molecule has 0 aliphatic rings. The van der Waals surface area contributed by atoms with Crippen molar-refractivity contribution in [2.45, 2.75) is 33.1 Å². The lowest BCUT2D eigenvalue weighted by atomic mass is 10.1. The average molecular weight is 318 g/mol. The Bertz CT molecular complexity index is 623. The Morgan fingerprint density at radius 1 is 1.14 bits per heavy atom. The van der Waals surface area contributed by atoms with E-state index in [-0.39, 0.29) is 12.0 Å². The molecule has 0 spiro atoms. The van der Waals surface area contributed by atoms with Crippen LogP contribution in [0, 0.1) is 0 Å². The van der Waals surface area contributed by atoms with Crippen molar-refractivity contribution in [2.75, 3.05) is 0 Å². The highest BCUT2D eigenvalue weighted by Crippen LogP contribution is 2.14. The molecule has 0 unspecified atom stereocenters. The first-order chi connectivity index (χ1) is 10.6. The smallest absolute Gasteiger partial charge is 0.251 e. The molecule has 116 valence electrons. The van der Waals surface area contributed by atoms with Gasteiger partial charge in [-0.15, -0.1) is 0 Å². The molecule has 0 radical (unpaired) electrons. The summed E-state index contributed by atoms with van der Waals surface area (Å²) in [5, 5.41) is 3.53. The van der Waals surface area contributed by atoms with Crippen LogP contribution in [0.4, 0.5) is 0 Å². The Labute approximate surface area is 136 Å². The van der Waals surface area contributed by atoms with Gasteiger partial charge in [0.1, 0.15) is 0 Å². The van der Waals surface area contributed by atoms with Crippen LogP contribution in [-0.2, 0) is 17.9 Å². The minimum Gasteiger partial charge on any atom is -0.374 e. The Balaban J connectivity index is 1.91. The van der Waals surface area contributed by atoms with Crippen LogP contribution in [0.5, 0.6) is 0 Å². The van der Waals surface area contributed by atoms with Crippen LogP contribution in [0.2, 0.25) is 5.02 Å². The number of carbonyl (C=O) groups excluding carboxylic acids is 1. The van der Waals surface area contributed by atoms with E-state index in [1.165, 1.54) is 0 Å². The van der Waals surface area contributed by atoms with Gasteiger partial charge in [-0.3, -0.25) is 4.79 Å². The SMILES string of the molecule is CC(C)OCc1ccc(C(=O)NCc2ccccc2Cl)cc1. The van der Waals surface area contributed by atoms with Gasteiger partial charge in [-0.25, -0.2) is 0 Å². The first-order valence-electron chi connectivity index (χ1n) is 7.28. The molecule has 2 aromatic rings. The predicted molar refractivity (Wildman–Crippen MR) is 89.0 cm³/mol. The molecule has 0 saturated carbocycles. The van der Waals surface area contributed by atoms with Gasteiger partial charge in [0, 0.05) is 17.1 Å². The van der Waals surface area contributed by atoms with Gasteiger partial charge in [-0.2, -0.15) is 0 Å². The third kappa shape index (κ3) is 4.86. The highest BCUT2D eigenvalue weighted by molar-refractivity contribution is 6.31. The molecule has 2 aromatic carbocycles. The standard InChI is InChI=1S/C18H20ClNO2/c1-13(2)22-12-14-7-9-15(10-8-14)18(21)20-11-16-5-3-4-6-17(16)19/h3-10,13H,11-12H2,1-2H3,(H,20,21). The molecule has 0 fully saturated rings. The summed E-state index contributed by atoms with van der Waals surface area (Å²) in [4.78, 5) is 12.1. The molecule has 3 nitrogen and oxygen atoms in total. The number of hydrogen-bond donors (Lipinski definition) is 1. The van der Waals surface area contributed by atoms with Crippen molar-refractivity contribution in [1.82, 2.24) is 5.32 Å². The molecule has 0 aliphatic heterocycles. The summed E-state index contributed by atoms with van der Waals surface area (Å²) in [5.74, 6) is -0.115. The van der Waals surface area contributed by atoms with Gasteiger partial charge in [0.15, 0.2) is 0 Å². The number of ether oxygens (including phenoxy) is 1. The van der Waals surface area contributed by atoms with Crippen molar-refractivity contribution in [3.05, 3.63) is 70.2 Å². The Morgan fingerprint density at radius 2 is 1.82 bits per heavy atom. The summed E-state index contributed by atoms with van der Waals surface area (Å²) in [6, 6.07) is 14.9. The first kappa shape index (κ1) is 16.5. The van der Waals surface area contributed by atoms with E-state index >= 15 is 0 Å². The summed E-state index contributed by atoms with van der Waals surface area (Å²) >= 11 is 6.07. The van der Waals surface area contributed by atoms with E-state index < -0.39 is 0 Å². The Hall–Kier alpha value is -1.84. The fraction of sp³-hybridized carbons (Fsp3) is 0.278. The number of halogens is 1. The van der Waals surface area contributed by atoms with Crippen LogP contribution in [0.1, 0.15) is 35.3 Å². The number of rotatable bonds is 6. The van der Waals surface area contributed by atoms with Crippen molar-refractivity contribution < 1.29 is 9.53 Å². The quantitative estimate of drug-likeness (QED) is 0.867. The second-order valence-corrected chi connectivity index (χ2v) is 5.74. The van der Waals surface area contributed by atoms with Crippen LogP contribution in [0.25, 0.3) is 0 Å². The van der Waals surface area contributed by atoms with E-state index in [0.29, 0.717) is 23.7 Å². The normalized spacial score (nSPS) is 10.7. The zero-order valence-corrected chi connectivity index (χ0v) is 13.6. The van der Waals surface area contributed by atoms with Crippen molar-refractivity contribution >= 4 is 17.5 Å². The van der Waals surface area contributed by atoms with E-state index in [1.54, 1.807) is 12.1 Å². The molecular formula is C18H20ClNO2. The summed E-state index contributed by atoms with van der Waals surface area (Å²) in [7, 11) is 0. The average Bonchev–Trinajstić information content (AvgIpc) is 2.52. The largest absolute Gasteiger partial charge is 0.374 e. The minimum absolute atomic E-state index is 0.115. The lowest BCUT2D eigenvalue weighted by Crippen LogP contribution is -2.22. The fourth-order valence-corrected chi connectivity index (χ4v) is 2.14. The molecule has 0 aliphatic carbocycles. The van der Waals surface area contributed by atoms with Gasteiger partial charge >= 0.3 is 0 Å². The molecule has 0 saturated heterocycles. The van der Waals surface area contributed by atoms with Gasteiger partial charge in [-0.1, -0.05) is 41.9 Å². The predicted octanol–water partition coefficient (Wildman–Crippen LogP) is 4.20. The molecule has 0 aromatic heterocycles. The van der Waals surface area contributed by atoms with Gasteiger partial charge in [0.25, 0.3) is 5.91 Å². The lowest BCUT2D eigenvalue weighted by molar-refractivity contribution is 0.0657. The molecule has 0 bridgehead atoms. The molecule has 1 N–H and O–H groups in total. The molecule has 0 atom stereocenters. The summed E-state index contributed by atoms with van der Waals surface area (Å²) in [5.41, 5.74) is 2.58. The van der Waals surface area contributed by atoms with Crippen molar-refractivity contribution in [2.24, 2.45) is 0 Å². The maximum absolute atomic E-state index is 12.1. The zero-order valence-electron chi connectivity index (χ0n) is 12.8. The van der Waals surface area contributed by atoms with Gasteiger partial charge in [0.05, 0.1) is 12.7 Å². The lowest BCUT2D eigenvalue weighted by Gasteiger charge is -2.09. The van der Waals surface area contributed by atoms with Crippen molar-refractivity contribution in [1.29, 1.82) is 0 Å².